The first kappa shape index (κ1) is 31.3. The molecule has 0 aliphatic rings. The molecule has 200 valence electrons. The first-order valence-corrected chi connectivity index (χ1v) is 12.9. The van der Waals surface area contributed by atoms with Crippen molar-refractivity contribution in [2.75, 3.05) is 20.8 Å². The van der Waals surface area contributed by atoms with Crippen LogP contribution in [-0.2, 0) is 48.7 Å². The number of carbonyl (C=O) groups is 5. The van der Waals surface area contributed by atoms with E-state index < -0.39 is 19.8 Å². The van der Waals surface area contributed by atoms with Gasteiger partial charge in [0.15, 0.2) is 0 Å². The van der Waals surface area contributed by atoms with Crippen LogP contribution in [0.4, 0.5) is 0 Å². The van der Waals surface area contributed by atoms with Crippen LogP contribution >= 0.6 is 7.82 Å². The van der Waals surface area contributed by atoms with E-state index in [2.05, 4.69) is 0 Å². The van der Waals surface area contributed by atoms with Crippen LogP contribution in [0.25, 0.3) is 0 Å². The van der Waals surface area contributed by atoms with Crippen molar-refractivity contribution in [3.05, 3.63) is 29.8 Å². The highest BCUT2D eigenvalue weighted by atomic mass is 31.2. The number of esters is 1. The summed E-state index contributed by atoms with van der Waals surface area (Å²) in [6.07, 6.45) is 0.524. The van der Waals surface area contributed by atoms with E-state index in [0.29, 0.717) is 5.56 Å². The van der Waals surface area contributed by atoms with Crippen LogP contribution in [0.15, 0.2) is 24.3 Å². The van der Waals surface area contributed by atoms with Gasteiger partial charge in [0.05, 0.1) is 6.61 Å². The zero-order valence-corrected chi connectivity index (χ0v) is 21.8. The molecule has 11 nitrogen and oxygen atoms in total. The summed E-state index contributed by atoms with van der Waals surface area (Å²) in [4.78, 5) is 58.4. The highest BCUT2D eigenvalue weighted by Gasteiger charge is 2.24. The van der Waals surface area contributed by atoms with E-state index in [1.54, 1.807) is 12.1 Å². The molecule has 0 bridgehead atoms. The Balaban J connectivity index is 2.30. The standard InChI is InChI=1S/C24H34NO10P/c1-17(26)4-7-19(27)8-9-20(28)10-11-21(29)14-15-34-24(30)23(25)16-18-5-12-22(13-6-18)35-36(31,32-2)33-3/h5-6,12-13,23H,4,7-11,14-16,25H2,1-3H3. The van der Waals surface area contributed by atoms with Gasteiger partial charge in [-0.25, -0.2) is 4.57 Å². The topological polar surface area (TPSA) is 165 Å². The molecule has 0 fully saturated rings. The lowest BCUT2D eigenvalue weighted by Crippen LogP contribution is -2.34. The maximum atomic E-state index is 12.1. The molecule has 0 amide bonds. The lowest BCUT2D eigenvalue weighted by Gasteiger charge is -2.15. The van der Waals surface area contributed by atoms with Crippen molar-refractivity contribution in [2.45, 2.75) is 64.3 Å². The predicted molar refractivity (Wildman–Crippen MR) is 129 cm³/mol. The molecule has 36 heavy (non-hydrogen) atoms. The minimum absolute atomic E-state index is 0.00241. The molecule has 2 N–H and O–H groups in total. The summed E-state index contributed by atoms with van der Waals surface area (Å²) in [6, 6.07) is 5.36. The molecule has 0 aromatic heterocycles. The van der Waals surface area contributed by atoms with Crippen molar-refractivity contribution in [2.24, 2.45) is 5.73 Å². The average Bonchev–Trinajstić information content (AvgIpc) is 2.85. The normalized spacial score (nSPS) is 12.0. The van der Waals surface area contributed by atoms with Gasteiger partial charge in [-0.1, -0.05) is 12.1 Å². The fraction of sp³-hybridized carbons (Fsp3) is 0.542. The molecule has 0 radical (unpaired) electrons. The number of rotatable bonds is 19. The molecule has 1 aromatic rings. The van der Waals surface area contributed by atoms with Gasteiger partial charge in [0.2, 0.25) is 0 Å². The van der Waals surface area contributed by atoms with E-state index >= 15 is 0 Å². The Morgan fingerprint density at radius 1 is 0.806 bits per heavy atom. The highest BCUT2D eigenvalue weighted by molar-refractivity contribution is 7.48. The molecule has 1 atom stereocenters. The Morgan fingerprint density at radius 3 is 1.75 bits per heavy atom. The Labute approximate surface area is 210 Å². The van der Waals surface area contributed by atoms with Gasteiger partial charge in [-0.15, -0.1) is 0 Å². The van der Waals surface area contributed by atoms with Crippen LogP contribution in [-0.4, -0.2) is 56.0 Å². The number of benzene rings is 1. The molecule has 1 aromatic carbocycles. The Kier molecular flexibility index (Phi) is 14.0. The second kappa shape index (κ2) is 16.1. The van der Waals surface area contributed by atoms with Gasteiger partial charge in [-0.05, 0) is 31.0 Å². The third-order valence-corrected chi connectivity index (χ3v) is 6.42. The highest BCUT2D eigenvalue weighted by Crippen LogP contribution is 2.47. The van der Waals surface area contributed by atoms with Crippen molar-refractivity contribution in [1.82, 2.24) is 0 Å². The van der Waals surface area contributed by atoms with E-state index in [1.165, 1.54) is 33.3 Å². The summed E-state index contributed by atoms with van der Waals surface area (Å²) in [5, 5.41) is 0. The van der Waals surface area contributed by atoms with Gasteiger partial charge in [0.1, 0.15) is 34.9 Å². The number of hydrogen-bond acceptors (Lipinski definition) is 11. The van der Waals surface area contributed by atoms with Crippen molar-refractivity contribution in [1.29, 1.82) is 0 Å². The zero-order chi connectivity index (χ0) is 27.1. The number of phosphoric ester groups is 1. The largest absolute Gasteiger partial charge is 0.529 e. The fourth-order valence-electron chi connectivity index (χ4n) is 2.92. The fourth-order valence-corrected chi connectivity index (χ4v) is 3.60. The first-order chi connectivity index (χ1) is 17.0. The number of ketones is 4. The lowest BCUT2D eigenvalue weighted by molar-refractivity contribution is -0.145. The van der Waals surface area contributed by atoms with E-state index in [9.17, 15) is 28.5 Å². The van der Waals surface area contributed by atoms with Crippen LogP contribution in [0.5, 0.6) is 5.75 Å². The van der Waals surface area contributed by atoms with Crippen LogP contribution in [0, 0.1) is 0 Å². The van der Waals surface area contributed by atoms with Crippen LogP contribution in [0.3, 0.4) is 0 Å². The number of Topliss-reactive ketones (excluding diaryl/α,β-unsaturated/α-hetero) is 4. The maximum absolute atomic E-state index is 12.1. The van der Waals surface area contributed by atoms with Gasteiger partial charge in [0.25, 0.3) is 0 Å². The molecule has 0 spiro atoms. The maximum Gasteiger partial charge on any atom is 0.529 e. The van der Waals surface area contributed by atoms with E-state index in [4.69, 9.17) is 24.0 Å². The number of hydrogen-bond donors (Lipinski definition) is 1. The summed E-state index contributed by atoms with van der Waals surface area (Å²) in [5.74, 6) is -1.11. The third kappa shape index (κ3) is 12.8. The van der Waals surface area contributed by atoms with Crippen LogP contribution < -0.4 is 10.3 Å². The van der Waals surface area contributed by atoms with Crippen molar-refractivity contribution in [3.63, 3.8) is 0 Å². The molecule has 0 saturated carbocycles. The van der Waals surface area contributed by atoms with Crippen molar-refractivity contribution in [3.8, 4) is 5.75 Å². The lowest BCUT2D eigenvalue weighted by atomic mass is 10.0. The minimum atomic E-state index is -3.68. The second-order valence-electron chi connectivity index (χ2n) is 8.09. The summed E-state index contributed by atoms with van der Waals surface area (Å²) >= 11 is 0. The van der Waals surface area contributed by atoms with E-state index in [-0.39, 0.29) is 86.9 Å². The SMILES string of the molecule is COP(=O)(OC)Oc1ccc(CC(N)C(=O)OCCC(=O)CCC(=O)CCC(=O)CCC(C)=O)cc1. The minimum Gasteiger partial charge on any atom is -0.464 e. The zero-order valence-electron chi connectivity index (χ0n) is 20.9. The van der Waals surface area contributed by atoms with Gasteiger partial charge in [0, 0.05) is 59.2 Å². The quantitative estimate of drug-likeness (QED) is 0.208. The van der Waals surface area contributed by atoms with Crippen LogP contribution in [0.2, 0.25) is 0 Å². The van der Waals surface area contributed by atoms with Crippen molar-refractivity contribution >= 4 is 36.9 Å². The molecular formula is C24H34NO10P. The number of ether oxygens (including phenoxy) is 1. The molecule has 1 unspecified atom stereocenters. The van der Waals surface area contributed by atoms with Gasteiger partial charge in [-0.3, -0.25) is 28.2 Å². The van der Waals surface area contributed by atoms with E-state index in [0.717, 1.165) is 0 Å². The second-order valence-corrected chi connectivity index (χ2v) is 9.90. The first-order valence-electron chi connectivity index (χ1n) is 11.4. The molecular weight excluding hydrogens is 493 g/mol. The van der Waals surface area contributed by atoms with E-state index in [1.807, 2.05) is 0 Å². The number of nitrogens with two attached hydrogens (primary N) is 1. The molecule has 0 heterocycles. The predicted octanol–water partition coefficient (Wildman–Crippen LogP) is 2.91. The van der Waals surface area contributed by atoms with Crippen LogP contribution in [0.1, 0.15) is 57.4 Å². The molecule has 0 aliphatic heterocycles. The molecule has 0 aliphatic carbocycles. The van der Waals surface area contributed by atoms with Gasteiger partial charge in [-0.2, -0.15) is 0 Å². The Hall–Kier alpha value is -2.72. The monoisotopic (exact) mass is 527 g/mol. The van der Waals surface area contributed by atoms with Crippen molar-refractivity contribution < 1.29 is 46.8 Å². The smallest absolute Gasteiger partial charge is 0.464 e. The summed E-state index contributed by atoms with van der Waals surface area (Å²) in [6.45, 7) is 1.25. The summed E-state index contributed by atoms with van der Waals surface area (Å²) in [5.41, 5.74) is 6.58. The Bertz CT molecular complexity index is 952. The summed E-state index contributed by atoms with van der Waals surface area (Å²) in [7, 11) is -1.28. The number of carbonyl (C=O) groups excluding carboxylic acids is 5. The molecule has 1 rings (SSSR count). The molecule has 12 heteroatoms. The molecule has 0 saturated heterocycles. The third-order valence-electron chi connectivity index (χ3n) is 5.09. The average molecular weight is 528 g/mol. The summed E-state index contributed by atoms with van der Waals surface area (Å²) < 4.78 is 31.6. The Morgan fingerprint density at radius 2 is 1.28 bits per heavy atom. The van der Waals surface area contributed by atoms with Gasteiger partial charge >= 0.3 is 13.8 Å². The number of phosphoric acid groups is 1. The van der Waals surface area contributed by atoms with Gasteiger partial charge < -0.3 is 19.8 Å².